The third-order valence-electron chi connectivity index (χ3n) is 5.19. The minimum Gasteiger partial charge on any atom is -0.311 e. The molecule has 2 aliphatic rings. The lowest BCUT2D eigenvalue weighted by atomic mass is 10.0. The Morgan fingerprint density at radius 3 is 3.00 bits per heavy atom. The molecule has 0 saturated heterocycles. The van der Waals surface area contributed by atoms with Gasteiger partial charge in [-0.1, -0.05) is 6.92 Å². The zero-order valence-corrected chi connectivity index (χ0v) is 14.5. The third kappa shape index (κ3) is 2.16. The fourth-order valence-corrected chi connectivity index (χ4v) is 5.23. The van der Waals surface area contributed by atoms with Crippen LogP contribution in [0, 0.1) is 0 Å². The van der Waals surface area contributed by atoms with Crippen molar-refractivity contribution in [3.05, 3.63) is 40.0 Å². The predicted octanol–water partition coefficient (Wildman–Crippen LogP) is 3.86. The van der Waals surface area contributed by atoms with Crippen molar-refractivity contribution < 1.29 is 0 Å². The summed E-state index contributed by atoms with van der Waals surface area (Å²) in [5.74, 6) is 0. The molecule has 22 heavy (non-hydrogen) atoms. The van der Waals surface area contributed by atoms with Crippen LogP contribution in [-0.4, -0.2) is 22.1 Å². The van der Waals surface area contributed by atoms with Crippen LogP contribution < -0.4 is 5.32 Å². The molecular formula is C18H25N3S. The van der Waals surface area contributed by atoms with E-state index < -0.39 is 0 Å². The van der Waals surface area contributed by atoms with Crippen molar-refractivity contribution in [1.82, 2.24) is 14.8 Å². The molecule has 1 N–H and O–H groups in total. The minimum atomic E-state index is 0.473. The van der Waals surface area contributed by atoms with Crippen molar-refractivity contribution >= 4 is 11.3 Å². The van der Waals surface area contributed by atoms with E-state index >= 15 is 0 Å². The van der Waals surface area contributed by atoms with Crippen molar-refractivity contribution in [2.24, 2.45) is 0 Å². The summed E-state index contributed by atoms with van der Waals surface area (Å²) in [6.07, 6.45) is 4.59. The van der Waals surface area contributed by atoms with Crippen LogP contribution in [0.2, 0.25) is 0 Å². The van der Waals surface area contributed by atoms with E-state index in [1.807, 2.05) is 11.3 Å². The number of rotatable bonds is 2. The summed E-state index contributed by atoms with van der Waals surface area (Å²) in [7, 11) is 0. The molecule has 0 radical (unpaired) electrons. The lowest BCUT2D eigenvalue weighted by Crippen LogP contribution is -2.35. The number of hydrogen-bond donors (Lipinski definition) is 1. The molecule has 2 aromatic heterocycles. The number of thiophene rings is 1. The van der Waals surface area contributed by atoms with Crippen LogP contribution in [0.15, 0.2) is 18.3 Å². The molecule has 2 aliphatic heterocycles. The van der Waals surface area contributed by atoms with Gasteiger partial charge in [0.15, 0.2) is 0 Å². The lowest BCUT2D eigenvalue weighted by molar-refractivity contribution is 0.206. The van der Waals surface area contributed by atoms with Gasteiger partial charge < -0.3 is 9.88 Å². The highest BCUT2D eigenvalue weighted by Gasteiger charge is 2.29. The van der Waals surface area contributed by atoms with E-state index in [0.717, 1.165) is 19.5 Å². The number of aromatic nitrogens is 1. The first kappa shape index (κ1) is 14.5. The molecule has 0 fully saturated rings. The van der Waals surface area contributed by atoms with Crippen LogP contribution >= 0.6 is 11.3 Å². The smallest absolute Gasteiger partial charge is 0.104 e. The Hall–Kier alpha value is -1.10. The molecule has 4 heteroatoms. The first-order valence-electron chi connectivity index (χ1n) is 8.47. The number of fused-ring (bicyclic) bond motifs is 5. The predicted molar refractivity (Wildman–Crippen MR) is 92.8 cm³/mol. The van der Waals surface area contributed by atoms with Crippen molar-refractivity contribution in [2.45, 2.75) is 58.8 Å². The van der Waals surface area contributed by atoms with Crippen LogP contribution in [-0.2, 0) is 19.5 Å². The van der Waals surface area contributed by atoms with Gasteiger partial charge in [0.2, 0.25) is 0 Å². The van der Waals surface area contributed by atoms with E-state index in [1.54, 1.807) is 16.0 Å². The molecule has 0 bridgehead atoms. The van der Waals surface area contributed by atoms with Crippen LogP contribution in [0.5, 0.6) is 0 Å². The maximum Gasteiger partial charge on any atom is 0.104 e. The fourth-order valence-electron chi connectivity index (χ4n) is 3.84. The zero-order chi connectivity index (χ0) is 15.3. The third-order valence-corrected chi connectivity index (χ3v) is 6.45. The molecule has 1 unspecified atom stereocenters. The van der Waals surface area contributed by atoms with Crippen molar-refractivity contribution in [3.63, 3.8) is 0 Å². The second-order valence-electron chi connectivity index (χ2n) is 6.75. The topological polar surface area (TPSA) is 20.2 Å². The van der Waals surface area contributed by atoms with E-state index in [-0.39, 0.29) is 0 Å². The largest absolute Gasteiger partial charge is 0.311 e. The summed E-state index contributed by atoms with van der Waals surface area (Å²) < 4.78 is 2.44. The summed E-state index contributed by atoms with van der Waals surface area (Å²) in [6.45, 7) is 10.2. The summed E-state index contributed by atoms with van der Waals surface area (Å²) in [5, 5.41) is 5.23. The summed E-state index contributed by atoms with van der Waals surface area (Å²) in [5.41, 5.74) is 4.60. The molecule has 1 atom stereocenters. The highest BCUT2D eigenvalue weighted by atomic mass is 32.1. The van der Waals surface area contributed by atoms with Crippen LogP contribution in [0.3, 0.4) is 0 Å². The van der Waals surface area contributed by atoms with Gasteiger partial charge in [-0.3, -0.25) is 4.90 Å². The molecule has 118 valence electrons. The Morgan fingerprint density at radius 1 is 1.36 bits per heavy atom. The summed E-state index contributed by atoms with van der Waals surface area (Å²) >= 11 is 2.01. The maximum atomic E-state index is 3.77. The molecule has 4 rings (SSSR count). The molecule has 0 aromatic carbocycles. The Kier molecular flexibility index (Phi) is 3.63. The van der Waals surface area contributed by atoms with Gasteiger partial charge in [-0.25, -0.2) is 0 Å². The van der Waals surface area contributed by atoms with E-state index in [9.17, 15) is 0 Å². The molecule has 4 heterocycles. The fraction of sp³-hybridized carbons (Fsp3) is 0.556. The van der Waals surface area contributed by atoms with Gasteiger partial charge in [0.05, 0.1) is 0 Å². The Bertz CT molecular complexity index is 683. The molecule has 0 aliphatic carbocycles. The lowest BCUT2D eigenvalue weighted by Gasteiger charge is -2.30. The standard InChI is InChI=1S/C18H25N3S/c1-4-15-16-6-5-8-21(16)18-14(10-19-15)13-7-9-20(12(2)3)11-17(13)22-18/h5-6,8,12,15,19H,4,7,9-11H2,1-3H3. The van der Waals surface area contributed by atoms with Crippen LogP contribution in [0.4, 0.5) is 0 Å². The highest BCUT2D eigenvalue weighted by Crippen LogP contribution is 2.39. The highest BCUT2D eigenvalue weighted by molar-refractivity contribution is 7.15. The van der Waals surface area contributed by atoms with Gasteiger partial charge in [0.25, 0.3) is 0 Å². The van der Waals surface area contributed by atoms with Crippen molar-refractivity contribution in [1.29, 1.82) is 0 Å². The van der Waals surface area contributed by atoms with Gasteiger partial charge in [-0.15, -0.1) is 11.3 Å². The first-order valence-corrected chi connectivity index (χ1v) is 9.29. The second-order valence-corrected chi connectivity index (χ2v) is 7.83. The van der Waals surface area contributed by atoms with E-state index in [2.05, 4.69) is 53.9 Å². The average Bonchev–Trinajstić information content (AvgIpc) is 3.09. The Morgan fingerprint density at radius 2 is 2.23 bits per heavy atom. The summed E-state index contributed by atoms with van der Waals surface area (Å²) in [6, 6.07) is 5.57. The maximum absolute atomic E-state index is 3.77. The monoisotopic (exact) mass is 315 g/mol. The quantitative estimate of drug-likeness (QED) is 0.908. The van der Waals surface area contributed by atoms with Gasteiger partial charge >= 0.3 is 0 Å². The molecule has 0 spiro atoms. The molecule has 0 amide bonds. The zero-order valence-electron chi connectivity index (χ0n) is 13.7. The average molecular weight is 315 g/mol. The molecule has 0 saturated carbocycles. The second kappa shape index (κ2) is 5.52. The minimum absolute atomic E-state index is 0.473. The van der Waals surface area contributed by atoms with Crippen LogP contribution in [0.25, 0.3) is 5.00 Å². The molecule has 2 aromatic rings. The first-order chi connectivity index (χ1) is 10.7. The Labute approximate surface area is 136 Å². The Balaban J connectivity index is 1.79. The van der Waals surface area contributed by atoms with Crippen LogP contribution in [0.1, 0.15) is 54.9 Å². The molecular weight excluding hydrogens is 290 g/mol. The number of nitrogens with zero attached hydrogens (tertiary/aromatic N) is 2. The van der Waals surface area contributed by atoms with Crippen molar-refractivity contribution in [2.75, 3.05) is 6.54 Å². The SMILES string of the molecule is CCC1NCc2c(sc3c2CCN(C(C)C)C3)-n2cccc21. The number of nitrogens with one attached hydrogen (secondary N) is 1. The van der Waals surface area contributed by atoms with Gasteiger partial charge in [-0.05, 0) is 44.4 Å². The molecule has 3 nitrogen and oxygen atoms in total. The van der Waals surface area contributed by atoms with Gasteiger partial charge in [-0.2, -0.15) is 0 Å². The summed E-state index contributed by atoms with van der Waals surface area (Å²) in [4.78, 5) is 4.18. The number of hydrogen-bond acceptors (Lipinski definition) is 3. The van der Waals surface area contributed by atoms with E-state index in [1.165, 1.54) is 23.7 Å². The van der Waals surface area contributed by atoms with Gasteiger partial charge in [0, 0.05) is 54.0 Å². The normalized spacial score (nSPS) is 21.4. The van der Waals surface area contributed by atoms with Gasteiger partial charge in [0.1, 0.15) is 5.00 Å². The van der Waals surface area contributed by atoms with Crippen molar-refractivity contribution in [3.8, 4) is 5.00 Å². The van der Waals surface area contributed by atoms with E-state index in [4.69, 9.17) is 0 Å². The van der Waals surface area contributed by atoms with E-state index in [0.29, 0.717) is 12.1 Å².